The van der Waals surface area contributed by atoms with Crippen LogP contribution in [0.1, 0.15) is 46.0 Å². The lowest BCUT2D eigenvalue weighted by atomic mass is 10.1. The molecule has 0 radical (unpaired) electrons. The molecule has 0 bridgehead atoms. The molecule has 1 atom stereocenters. The third kappa shape index (κ3) is 12.5. The summed E-state index contributed by atoms with van der Waals surface area (Å²) in [5, 5.41) is 6.59. The van der Waals surface area contributed by atoms with Crippen molar-refractivity contribution >= 4 is 35.9 Å². The van der Waals surface area contributed by atoms with Gasteiger partial charge in [-0.3, -0.25) is 4.79 Å². The van der Waals surface area contributed by atoms with Gasteiger partial charge in [-0.1, -0.05) is 25.0 Å². The third-order valence-electron chi connectivity index (χ3n) is 4.08. The highest BCUT2D eigenvalue weighted by molar-refractivity contribution is 14.0. The molecular formula is C21H36IN3O4. The van der Waals surface area contributed by atoms with Gasteiger partial charge in [-0.25, -0.2) is 4.99 Å². The number of benzene rings is 1. The van der Waals surface area contributed by atoms with Gasteiger partial charge in [0.15, 0.2) is 17.5 Å². The van der Waals surface area contributed by atoms with Gasteiger partial charge in [-0.2, -0.15) is 0 Å². The molecule has 0 saturated heterocycles. The molecule has 0 amide bonds. The van der Waals surface area contributed by atoms with E-state index in [1.54, 1.807) is 7.11 Å². The SMILES string of the molecule is CCNC(=NCC(C)Oc1ccccc1OC)NCCCCCCC(=O)OC.I. The van der Waals surface area contributed by atoms with E-state index in [4.69, 9.17) is 9.47 Å². The molecule has 0 spiro atoms. The minimum absolute atomic E-state index is 0. The molecule has 166 valence electrons. The highest BCUT2D eigenvalue weighted by Gasteiger charge is 2.08. The molecule has 1 aromatic rings. The van der Waals surface area contributed by atoms with Crippen LogP contribution >= 0.6 is 24.0 Å². The van der Waals surface area contributed by atoms with Crippen molar-refractivity contribution in [2.45, 2.75) is 52.1 Å². The number of nitrogens with one attached hydrogen (secondary N) is 2. The first-order valence-corrected chi connectivity index (χ1v) is 9.99. The fourth-order valence-corrected chi connectivity index (χ4v) is 2.59. The normalized spacial score (nSPS) is 11.8. The van der Waals surface area contributed by atoms with Crippen LogP contribution in [0.25, 0.3) is 0 Å². The van der Waals surface area contributed by atoms with Crippen LogP contribution in [0.2, 0.25) is 0 Å². The van der Waals surface area contributed by atoms with Crippen molar-refractivity contribution in [2.75, 3.05) is 33.9 Å². The lowest BCUT2D eigenvalue weighted by molar-refractivity contribution is -0.140. The Hall–Kier alpha value is -1.71. The maximum Gasteiger partial charge on any atom is 0.305 e. The molecule has 0 saturated carbocycles. The van der Waals surface area contributed by atoms with E-state index in [2.05, 4.69) is 20.4 Å². The number of guanidine groups is 1. The second kappa shape index (κ2) is 17.2. The number of rotatable bonds is 13. The lowest BCUT2D eigenvalue weighted by Crippen LogP contribution is -2.38. The fourth-order valence-electron chi connectivity index (χ4n) is 2.59. The monoisotopic (exact) mass is 521 g/mol. The predicted molar refractivity (Wildman–Crippen MR) is 128 cm³/mol. The lowest BCUT2D eigenvalue weighted by Gasteiger charge is -2.16. The number of carbonyl (C=O) groups is 1. The number of aliphatic imine (C=N–C) groups is 1. The van der Waals surface area contributed by atoms with Crippen LogP contribution in [-0.4, -0.2) is 51.9 Å². The van der Waals surface area contributed by atoms with E-state index in [9.17, 15) is 4.79 Å². The Morgan fingerprint density at radius 3 is 2.41 bits per heavy atom. The Morgan fingerprint density at radius 1 is 1.07 bits per heavy atom. The quantitative estimate of drug-likeness (QED) is 0.135. The van der Waals surface area contributed by atoms with Gasteiger partial charge in [0.05, 0.1) is 20.8 Å². The molecule has 0 aromatic heterocycles. The van der Waals surface area contributed by atoms with Crippen LogP contribution in [0.4, 0.5) is 0 Å². The van der Waals surface area contributed by atoms with Crippen molar-refractivity contribution in [1.82, 2.24) is 10.6 Å². The molecule has 7 nitrogen and oxygen atoms in total. The van der Waals surface area contributed by atoms with Crippen molar-refractivity contribution in [2.24, 2.45) is 4.99 Å². The van der Waals surface area contributed by atoms with Crippen LogP contribution in [0.5, 0.6) is 11.5 Å². The number of esters is 1. The first-order valence-electron chi connectivity index (χ1n) is 9.99. The Bertz CT molecular complexity index is 599. The minimum Gasteiger partial charge on any atom is -0.493 e. The first-order chi connectivity index (χ1) is 13.6. The summed E-state index contributed by atoms with van der Waals surface area (Å²) < 4.78 is 15.9. The van der Waals surface area contributed by atoms with Crippen LogP contribution in [0.15, 0.2) is 29.3 Å². The maximum absolute atomic E-state index is 11.1. The number of para-hydroxylation sites is 2. The van der Waals surface area contributed by atoms with Gasteiger partial charge < -0.3 is 24.8 Å². The van der Waals surface area contributed by atoms with E-state index in [1.165, 1.54) is 7.11 Å². The van der Waals surface area contributed by atoms with Gasteiger partial charge >= 0.3 is 5.97 Å². The van der Waals surface area contributed by atoms with E-state index >= 15 is 0 Å². The first kappa shape index (κ1) is 27.3. The molecule has 1 rings (SSSR count). The van der Waals surface area contributed by atoms with Crippen LogP contribution in [0, 0.1) is 0 Å². The summed E-state index contributed by atoms with van der Waals surface area (Å²) in [7, 11) is 3.06. The third-order valence-corrected chi connectivity index (χ3v) is 4.08. The summed E-state index contributed by atoms with van der Waals surface area (Å²) in [6.45, 7) is 6.20. The zero-order chi connectivity index (χ0) is 20.6. The van der Waals surface area contributed by atoms with E-state index in [-0.39, 0.29) is 36.0 Å². The second-order valence-electron chi connectivity index (χ2n) is 6.47. The Labute approximate surface area is 192 Å². The topological polar surface area (TPSA) is 81.2 Å². The molecule has 2 N–H and O–H groups in total. The van der Waals surface area contributed by atoms with E-state index < -0.39 is 0 Å². The summed E-state index contributed by atoms with van der Waals surface area (Å²) in [4.78, 5) is 15.7. The van der Waals surface area contributed by atoms with Crippen molar-refractivity contribution in [3.8, 4) is 11.5 Å². The van der Waals surface area contributed by atoms with E-state index in [1.807, 2.05) is 38.1 Å². The van der Waals surface area contributed by atoms with Gasteiger partial charge in [0, 0.05) is 19.5 Å². The van der Waals surface area contributed by atoms with Crippen LogP contribution in [0.3, 0.4) is 0 Å². The van der Waals surface area contributed by atoms with Crippen molar-refractivity contribution in [3.05, 3.63) is 24.3 Å². The second-order valence-corrected chi connectivity index (χ2v) is 6.47. The number of halogens is 1. The van der Waals surface area contributed by atoms with Crippen molar-refractivity contribution in [3.63, 3.8) is 0 Å². The zero-order valence-corrected chi connectivity index (χ0v) is 20.4. The molecule has 1 aromatic carbocycles. The predicted octanol–water partition coefficient (Wildman–Crippen LogP) is 3.76. The number of ether oxygens (including phenoxy) is 3. The number of hydrogen-bond acceptors (Lipinski definition) is 5. The number of nitrogens with zero attached hydrogens (tertiary/aromatic N) is 1. The number of unbranched alkanes of at least 4 members (excludes halogenated alkanes) is 3. The molecule has 0 aliphatic heterocycles. The molecular weight excluding hydrogens is 485 g/mol. The van der Waals surface area contributed by atoms with E-state index in [0.29, 0.717) is 13.0 Å². The van der Waals surface area contributed by atoms with Crippen LogP contribution in [-0.2, 0) is 9.53 Å². The van der Waals surface area contributed by atoms with Crippen molar-refractivity contribution in [1.29, 1.82) is 0 Å². The summed E-state index contributed by atoms with van der Waals surface area (Å²) in [6.07, 6.45) is 4.41. The molecule has 0 heterocycles. The summed E-state index contributed by atoms with van der Waals surface area (Å²) in [6, 6.07) is 7.60. The van der Waals surface area contributed by atoms with Gasteiger partial charge in [0.25, 0.3) is 0 Å². The standard InChI is InChI=1S/C21H35N3O4.HI/c1-5-22-21(23-15-11-7-6-8-14-20(25)27-4)24-16-17(2)28-19-13-10-9-12-18(19)26-3;/h9-10,12-13,17H,5-8,11,14-16H2,1-4H3,(H2,22,23,24);1H. The average molecular weight is 521 g/mol. The molecule has 0 fully saturated rings. The average Bonchev–Trinajstić information content (AvgIpc) is 2.71. The number of carbonyl (C=O) groups excluding carboxylic acids is 1. The largest absolute Gasteiger partial charge is 0.493 e. The van der Waals surface area contributed by atoms with Crippen LogP contribution < -0.4 is 20.1 Å². The highest BCUT2D eigenvalue weighted by Crippen LogP contribution is 2.26. The molecule has 8 heteroatoms. The summed E-state index contributed by atoms with van der Waals surface area (Å²) in [5.74, 6) is 2.09. The van der Waals surface area contributed by atoms with Gasteiger partial charge in [0.2, 0.25) is 0 Å². The minimum atomic E-state index is -0.135. The Balaban J connectivity index is 0.00000784. The molecule has 1 unspecified atom stereocenters. The highest BCUT2D eigenvalue weighted by atomic mass is 127. The summed E-state index contributed by atoms with van der Waals surface area (Å²) in [5.41, 5.74) is 0. The number of methoxy groups -OCH3 is 2. The van der Waals surface area contributed by atoms with Crippen molar-refractivity contribution < 1.29 is 19.0 Å². The maximum atomic E-state index is 11.1. The molecule has 29 heavy (non-hydrogen) atoms. The smallest absolute Gasteiger partial charge is 0.305 e. The Morgan fingerprint density at radius 2 is 1.76 bits per heavy atom. The molecule has 0 aliphatic carbocycles. The van der Waals surface area contributed by atoms with Gasteiger partial charge in [0.1, 0.15) is 6.10 Å². The van der Waals surface area contributed by atoms with Gasteiger partial charge in [-0.05, 0) is 38.8 Å². The molecule has 0 aliphatic rings. The van der Waals surface area contributed by atoms with Gasteiger partial charge in [-0.15, -0.1) is 24.0 Å². The zero-order valence-electron chi connectivity index (χ0n) is 18.0. The Kier molecular flexibility index (Phi) is 16.2. The van der Waals surface area contributed by atoms with E-state index in [0.717, 1.165) is 56.2 Å². The fraction of sp³-hybridized carbons (Fsp3) is 0.619. The summed E-state index contributed by atoms with van der Waals surface area (Å²) >= 11 is 0. The number of hydrogen-bond donors (Lipinski definition) is 2.